The van der Waals surface area contributed by atoms with Crippen molar-refractivity contribution in [1.82, 2.24) is 9.80 Å². The molecule has 0 aromatic carbocycles. The molecule has 0 bridgehead atoms. The van der Waals surface area contributed by atoms with Gasteiger partial charge in [0.2, 0.25) is 0 Å². The van der Waals surface area contributed by atoms with E-state index in [-0.39, 0.29) is 6.03 Å². The molecule has 1 unspecified atom stereocenters. The van der Waals surface area contributed by atoms with Gasteiger partial charge in [0.05, 0.1) is 17.1 Å². The van der Waals surface area contributed by atoms with Gasteiger partial charge >= 0.3 is 12.0 Å². The molecule has 2 aromatic heterocycles. The lowest BCUT2D eigenvalue weighted by Crippen LogP contribution is -2.41. The number of nitrogens with one attached hydrogen (secondary N) is 1. The fourth-order valence-corrected chi connectivity index (χ4v) is 4.53. The van der Waals surface area contributed by atoms with Crippen molar-refractivity contribution in [3.05, 3.63) is 51.5 Å². The Kier molecular flexibility index (Phi) is 7.72. The Bertz CT molecular complexity index is 952. The molecule has 8 nitrogen and oxygen atoms in total. The minimum Gasteiger partial charge on any atom is -0.479 e. The number of nitrogens with two attached hydrogens (primary N) is 1. The van der Waals surface area contributed by atoms with Gasteiger partial charge in [0.1, 0.15) is 6.04 Å². The molecule has 4 N–H and O–H groups in total. The Hall–Kier alpha value is -2.82. The van der Waals surface area contributed by atoms with Gasteiger partial charge in [-0.05, 0) is 44.1 Å². The summed E-state index contributed by atoms with van der Waals surface area (Å²) in [6, 6.07) is 0.828. The van der Waals surface area contributed by atoms with Gasteiger partial charge in [-0.2, -0.15) is 11.3 Å². The van der Waals surface area contributed by atoms with E-state index in [1.54, 1.807) is 33.5 Å². The third-order valence-corrected chi connectivity index (χ3v) is 6.20. The maximum absolute atomic E-state index is 12.9. The van der Waals surface area contributed by atoms with Gasteiger partial charge in [0, 0.05) is 35.4 Å². The largest absolute Gasteiger partial charge is 0.479 e. The normalized spacial score (nSPS) is 15.8. The molecular formula is C21H27N5O3S2. The minimum absolute atomic E-state index is 0.187. The number of nitrogens with zero attached hydrogens (tertiary/aromatic N) is 3. The van der Waals surface area contributed by atoms with Crippen molar-refractivity contribution in [2.75, 3.05) is 49.7 Å². The van der Waals surface area contributed by atoms with Gasteiger partial charge in [-0.3, -0.25) is 0 Å². The monoisotopic (exact) mass is 461 g/mol. The molecule has 0 fully saturated rings. The number of thiophene rings is 2. The summed E-state index contributed by atoms with van der Waals surface area (Å²) in [6.45, 7) is 1.78. The van der Waals surface area contributed by atoms with E-state index in [2.05, 4.69) is 10.2 Å². The van der Waals surface area contributed by atoms with Crippen molar-refractivity contribution < 1.29 is 14.7 Å². The molecule has 1 aliphatic heterocycles. The first-order valence-electron chi connectivity index (χ1n) is 9.79. The lowest BCUT2D eigenvalue weighted by Gasteiger charge is -2.31. The van der Waals surface area contributed by atoms with Crippen LogP contribution in [0.2, 0.25) is 0 Å². The van der Waals surface area contributed by atoms with Crippen LogP contribution in [0.1, 0.15) is 6.42 Å². The Labute approximate surface area is 189 Å². The Morgan fingerprint density at radius 3 is 2.65 bits per heavy atom. The molecule has 10 heteroatoms. The predicted octanol–water partition coefficient (Wildman–Crippen LogP) is 3.59. The van der Waals surface area contributed by atoms with Gasteiger partial charge in [0.25, 0.3) is 0 Å². The molecule has 166 valence electrons. The summed E-state index contributed by atoms with van der Waals surface area (Å²) >= 11 is 2.94. The molecule has 1 aliphatic rings. The van der Waals surface area contributed by atoms with Crippen LogP contribution in [0.25, 0.3) is 0 Å². The topological polar surface area (TPSA) is 102 Å². The van der Waals surface area contributed by atoms with Crippen molar-refractivity contribution in [3.63, 3.8) is 0 Å². The van der Waals surface area contributed by atoms with Gasteiger partial charge in [0.15, 0.2) is 0 Å². The quantitative estimate of drug-likeness (QED) is 0.527. The first kappa shape index (κ1) is 22.9. The predicted molar refractivity (Wildman–Crippen MR) is 128 cm³/mol. The molecule has 2 amide bonds. The SMILES string of the molecule is CN(C)CCCN(CC1=CN(c2cscc2N)C(C(=O)O)C=C1)C(=O)Nc1ccsc1. The molecule has 1 atom stereocenters. The molecule has 0 spiro atoms. The third kappa shape index (κ3) is 6.09. The van der Waals surface area contributed by atoms with Crippen LogP contribution in [-0.4, -0.2) is 66.7 Å². The van der Waals surface area contributed by atoms with Crippen molar-refractivity contribution in [2.24, 2.45) is 0 Å². The van der Waals surface area contributed by atoms with Crippen LogP contribution in [-0.2, 0) is 4.79 Å². The van der Waals surface area contributed by atoms with E-state index in [1.807, 2.05) is 36.3 Å². The second kappa shape index (κ2) is 10.5. The molecule has 0 radical (unpaired) electrons. The first-order chi connectivity index (χ1) is 14.8. The Morgan fingerprint density at radius 1 is 1.23 bits per heavy atom. The highest BCUT2D eigenvalue weighted by Gasteiger charge is 2.27. The number of nitrogen functional groups attached to an aromatic ring is 1. The van der Waals surface area contributed by atoms with Gasteiger partial charge in [-0.25, -0.2) is 9.59 Å². The standard InChI is InChI=1S/C21H27N5O3S2/c1-24(2)7-3-8-25(21(29)23-16-6-9-30-12-16)10-15-4-5-18(20(27)28)26(11-15)19-14-31-13-17(19)22/h4-6,9,11-14,18H,3,7-8,10,22H2,1-2H3,(H,23,29)(H,27,28). The molecule has 3 heterocycles. The van der Waals surface area contributed by atoms with Crippen molar-refractivity contribution in [1.29, 1.82) is 0 Å². The summed E-state index contributed by atoms with van der Waals surface area (Å²) in [5.41, 5.74) is 8.82. The average Bonchev–Trinajstić information content (AvgIpc) is 3.38. The molecule has 2 aromatic rings. The van der Waals surface area contributed by atoms with Gasteiger partial charge in [-0.1, -0.05) is 12.2 Å². The van der Waals surface area contributed by atoms with E-state index < -0.39 is 12.0 Å². The first-order valence-corrected chi connectivity index (χ1v) is 11.7. The molecule has 3 rings (SSSR count). The molecule has 0 saturated heterocycles. The summed E-state index contributed by atoms with van der Waals surface area (Å²) in [7, 11) is 3.99. The number of anilines is 3. The zero-order valence-electron chi connectivity index (χ0n) is 17.5. The van der Waals surface area contributed by atoms with Crippen LogP contribution in [0.5, 0.6) is 0 Å². The average molecular weight is 462 g/mol. The number of urea groups is 1. The van der Waals surface area contributed by atoms with Gasteiger partial charge < -0.3 is 30.9 Å². The van der Waals surface area contributed by atoms with Crippen LogP contribution in [0.4, 0.5) is 21.9 Å². The Morgan fingerprint density at radius 2 is 2.03 bits per heavy atom. The van der Waals surface area contributed by atoms with Crippen molar-refractivity contribution in [2.45, 2.75) is 12.5 Å². The zero-order valence-corrected chi connectivity index (χ0v) is 19.2. The molecule has 0 aliphatic carbocycles. The molecule has 31 heavy (non-hydrogen) atoms. The second-order valence-electron chi connectivity index (χ2n) is 7.49. The highest BCUT2D eigenvalue weighted by Crippen LogP contribution is 2.32. The van der Waals surface area contributed by atoms with Crippen LogP contribution in [0.15, 0.2) is 51.5 Å². The number of hydrogen-bond donors (Lipinski definition) is 3. The number of hydrogen-bond acceptors (Lipinski definition) is 7. The summed E-state index contributed by atoms with van der Waals surface area (Å²) in [6.07, 6.45) is 5.99. The maximum Gasteiger partial charge on any atom is 0.330 e. The number of carbonyl (C=O) groups excluding carboxylic acids is 1. The van der Waals surface area contributed by atoms with E-state index in [1.165, 1.54) is 22.7 Å². The fourth-order valence-electron chi connectivity index (χ4n) is 3.22. The smallest absolute Gasteiger partial charge is 0.330 e. The molecular weight excluding hydrogens is 434 g/mol. The van der Waals surface area contributed by atoms with Crippen LogP contribution >= 0.6 is 22.7 Å². The van der Waals surface area contributed by atoms with Crippen molar-refractivity contribution >= 4 is 51.7 Å². The van der Waals surface area contributed by atoms with E-state index in [9.17, 15) is 14.7 Å². The second-order valence-corrected chi connectivity index (χ2v) is 9.01. The highest BCUT2D eigenvalue weighted by molar-refractivity contribution is 7.09. The van der Waals surface area contributed by atoms with Gasteiger partial charge in [-0.15, -0.1) is 11.3 Å². The van der Waals surface area contributed by atoms with Crippen molar-refractivity contribution in [3.8, 4) is 0 Å². The number of aliphatic carboxylic acids is 1. The lowest BCUT2D eigenvalue weighted by atomic mass is 10.1. The number of carboxylic acids is 1. The third-order valence-electron chi connectivity index (χ3n) is 4.77. The summed E-state index contributed by atoms with van der Waals surface area (Å²) in [5, 5.41) is 20.0. The number of carboxylic acid groups (broad SMARTS) is 1. The summed E-state index contributed by atoms with van der Waals surface area (Å²) < 4.78 is 0. The van der Waals surface area contributed by atoms with E-state index in [0.717, 1.165) is 24.2 Å². The van der Waals surface area contributed by atoms with Crippen LogP contribution in [0.3, 0.4) is 0 Å². The highest BCUT2D eigenvalue weighted by atomic mass is 32.1. The Balaban J connectivity index is 1.79. The number of amides is 2. The number of rotatable bonds is 9. The minimum atomic E-state index is -0.963. The van der Waals surface area contributed by atoms with Crippen LogP contribution < -0.4 is 16.0 Å². The summed E-state index contributed by atoms with van der Waals surface area (Å²) in [4.78, 5) is 30.2. The van der Waals surface area contributed by atoms with E-state index >= 15 is 0 Å². The van der Waals surface area contributed by atoms with Crippen LogP contribution in [0, 0.1) is 0 Å². The van der Waals surface area contributed by atoms with E-state index in [4.69, 9.17) is 5.73 Å². The fraction of sp³-hybridized carbons (Fsp3) is 0.333. The molecule has 0 saturated carbocycles. The lowest BCUT2D eigenvalue weighted by molar-refractivity contribution is -0.137. The zero-order chi connectivity index (χ0) is 22.4. The van der Waals surface area contributed by atoms with E-state index in [0.29, 0.717) is 24.5 Å². The summed E-state index contributed by atoms with van der Waals surface area (Å²) in [5.74, 6) is -0.963. The maximum atomic E-state index is 12.9. The number of carbonyl (C=O) groups is 2.